The molecule has 1 rings (SSSR count). The lowest BCUT2D eigenvalue weighted by Crippen LogP contribution is -1.92. The fourth-order valence-electron chi connectivity index (χ4n) is 1.64. The first kappa shape index (κ1) is 12.2. The number of rotatable bonds is 6. The second kappa shape index (κ2) is 6.54. The summed E-state index contributed by atoms with van der Waals surface area (Å²) >= 11 is 0. The Morgan fingerprint density at radius 3 is 2.40 bits per heavy atom. The molecule has 0 aromatic heterocycles. The van der Waals surface area contributed by atoms with Crippen molar-refractivity contribution in [3.8, 4) is 0 Å². The molecule has 84 valence electrons. The zero-order valence-corrected chi connectivity index (χ0v) is 9.23. The molecule has 0 atom stereocenters. The first-order valence-electron chi connectivity index (χ1n) is 5.68. The Kier molecular flexibility index (Phi) is 5.30. The van der Waals surface area contributed by atoms with Gasteiger partial charge >= 0.3 is 0 Å². The SMILES string of the molecule is CCCCCCCc1ccc(F)cc1F. The van der Waals surface area contributed by atoms with Crippen molar-refractivity contribution in [2.24, 2.45) is 0 Å². The van der Waals surface area contributed by atoms with Crippen molar-refractivity contribution in [3.63, 3.8) is 0 Å². The lowest BCUT2D eigenvalue weighted by Gasteiger charge is -2.03. The quantitative estimate of drug-likeness (QED) is 0.610. The Balaban J connectivity index is 2.31. The minimum absolute atomic E-state index is 0.412. The largest absolute Gasteiger partial charge is 0.207 e. The minimum Gasteiger partial charge on any atom is -0.207 e. The molecule has 0 heterocycles. The monoisotopic (exact) mass is 212 g/mol. The molecule has 0 nitrogen and oxygen atoms in total. The molecule has 0 aliphatic rings. The maximum absolute atomic E-state index is 13.2. The number of aryl methyl sites for hydroxylation is 1. The lowest BCUT2D eigenvalue weighted by molar-refractivity contribution is 0.562. The standard InChI is InChI=1S/C13H18F2/c1-2-3-4-5-6-7-11-8-9-12(14)10-13(11)15/h8-10H,2-7H2,1H3. The van der Waals surface area contributed by atoms with Crippen molar-refractivity contribution < 1.29 is 8.78 Å². The molecule has 0 saturated heterocycles. The van der Waals surface area contributed by atoms with E-state index >= 15 is 0 Å². The molecule has 0 unspecified atom stereocenters. The number of hydrogen-bond acceptors (Lipinski definition) is 0. The molecular formula is C13H18F2. The Labute approximate surface area is 90.3 Å². The second-order valence-electron chi connectivity index (χ2n) is 3.90. The Bertz CT molecular complexity index is 295. The maximum Gasteiger partial charge on any atom is 0.129 e. The smallest absolute Gasteiger partial charge is 0.129 e. The summed E-state index contributed by atoms with van der Waals surface area (Å²) in [6, 6.07) is 3.83. The normalized spacial score (nSPS) is 10.6. The highest BCUT2D eigenvalue weighted by atomic mass is 19.1. The fourth-order valence-corrected chi connectivity index (χ4v) is 1.64. The van der Waals surface area contributed by atoms with Crippen molar-refractivity contribution in [2.75, 3.05) is 0 Å². The van der Waals surface area contributed by atoms with E-state index in [1.807, 2.05) is 0 Å². The molecule has 0 bridgehead atoms. The number of hydrogen-bond donors (Lipinski definition) is 0. The van der Waals surface area contributed by atoms with E-state index in [0.29, 0.717) is 5.56 Å². The molecule has 1 aromatic rings. The summed E-state index contributed by atoms with van der Waals surface area (Å²) in [7, 11) is 0. The van der Waals surface area contributed by atoms with Gasteiger partial charge in [-0.2, -0.15) is 0 Å². The molecule has 15 heavy (non-hydrogen) atoms. The van der Waals surface area contributed by atoms with Crippen LogP contribution in [0.1, 0.15) is 44.6 Å². The van der Waals surface area contributed by atoms with Gasteiger partial charge in [0.2, 0.25) is 0 Å². The maximum atomic E-state index is 13.2. The van der Waals surface area contributed by atoms with Crippen LogP contribution in [-0.2, 0) is 6.42 Å². The highest BCUT2D eigenvalue weighted by Gasteiger charge is 2.02. The van der Waals surface area contributed by atoms with Crippen LogP contribution in [0.3, 0.4) is 0 Å². The molecule has 0 fully saturated rings. The summed E-state index contributed by atoms with van der Waals surface area (Å²) < 4.78 is 25.8. The molecule has 0 N–H and O–H groups in total. The molecule has 0 aliphatic heterocycles. The van der Waals surface area contributed by atoms with Crippen LogP contribution in [0.25, 0.3) is 0 Å². The summed E-state index contributed by atoms with van der Waals surface area (Å²) in [6.07, 6.45) is 6.50. The molecule has 0 saturated carbocycles. The van der Waals surface area contributed by atoms with Crippen molar-refractivity contribution in [1.82, 2.24) is 0 Å². The van der Waals surface area contributed by atoms with E-state index < -0.39 is 11.6 Å². The van der Waals surface area contributed by atoms with Crippen LogP contribution in [-0.4, -0.2) is 0 Å². The van der Waals surface area contributed by atoms with Crippen molar-refractivity contribution in [2.45, 2.75) is 45.4 Å². The van der Waals surface area contributed by atoms with Gasteiger partial charge in [-0.1, -0.05) is 38.7 Å². The zero-order chi connectivity index (χ0) is 11.1. The first-order chi connectivity index (χ1) is 7.24. The predicted octanol–water partition coefficient (Wildman–Crippen LogP) is 4.48. The van der Waals surface area contributed by atoms with Crippen molar-refractivity contribution in [3.05, 3.63) is 35.4 Å². The van der Waals surface area contributed by atoms with E-state index in [1.165, 1.54) is 25.3 Å². The van der Waals surface area contributed by atoms with Crippen LogP contribution in [0, 0.1) is 11.6 Å². The van der Waals surface area contributed by atoms with Gasteiger partial charge in [0.1, 0.15) is 11.6 Å². The Morgan fingerprint density at radius 2 is 1.73 bits per heavy atom. The summed E-state index contributed by atoms with van der Waals surface area (Å²) in [6.45, 7) is 2.17. The van der Waals surface area contributed by atoms with Crippen LogP contribution in [0.5, 0.6) is 0 Å². The number of benzene rings is 1. The van der Waals surface area contributed by atoms with Crippen LogP contribution in [0.4, 0.5) is 8.78 Å². The molecule has 0 aliphatic carbocycles. The van der Waals surface area contributed by atoms with Gasteiger partial charge in [0.25, 0.3) is 0 Å². The van der Waals surface area contributed by atoms with E-state index in [-0.39, 0.29) is 0 Å². The third-order valence-corrected chi connectivity index (χ3v) is 2.56. The van der Waals surface area contributed by atoms with Crippen molar-refractivity contribution in [1.29, 1.82) is 0 Å². The zero-order valence-electron chi connectivity index (χ0n) is 9.23. The van der Waals surface area contributed by atoms with E-state index in [9.17, 15) is 8.78 Å². The van der Waals surface area contributed by atoms with Gasteiger partial charge in [-0.3, -0.25) is 0 Å². The van der Waals surface area contributed by atoms with Crippen LogP contribution < -0.4 is 0 Å². The summed E-state index contributed by atoms with van der Waals surface area (Å²) in [5.41, 5.74) is 0.632. The molecule has 0 amide bonds. The third-order valence-electron chi connectivity index (χ3n) is 2.56. The molecule has 0 spiro atoms. The third kappa shape index (κ3) is 4.41. The molecule has 2 heteroatoms. The summed E-state index contributed by atoms with van der Waals surface area (Å²) in [5, 5.41) is 0. The van der Waals surface area contributed by atoms with Gasteiger partial charge in [-0.25, -0.2) is 8.78 Å². The predicted molar refractivity (Wildman–Crippen MR) is 58.8 cm³/mol. The number of halogens is 2. The second-order valence-corrected chi connectivity index (χ2v) is 3.90. The van der Waals surface area contributed by atoms with Crippen LogP contribution >= 0.6 is 0 Å². The summed E-state index contributed by atoms with van der Waals surface area (Å²) in [5.74, 6) is -0.910. The highest BCUT2D eigenvalue weighted by molar-refractivity contribution is 5.18. The average molecular weight is 212 g/mol. The Morgan fingerprint density at radius 1 is 1.00 bits per heavy atom. The van der Waals surface area contributed by atoms with Gasteiger partial charge in [0.15, 0.2) is 0 Å². The van der Waals surface area contributed by atoms with E-state index in [4.69, 9.17) is 0 Å². The van der Waals surface area contributed by atoms with Gasteiger partial charge in [0.05, 0.1) is 0 Å². The van der Waals surface area contributed by atoms with E-state index in [0.717, 1.165) is 25.3 Å². The van der Waals surface area contributed by atoms with Gasteiger partial charge in [-0.05, 0) is 24.5 Å². The molecular weight excluding hydrogens is 194 g/mol. The van der Waals surface area contributed by atoms with Crippen LogP contribution in [0.15, 0.2) is 18.2 Å². The van der Waals surface area contributed by atoms with Gasteiger partial charge in [0, 0.05) is 6.07 Å². The fraction of sp³-hybridized carbons (Fsp3) is 0.538. The molecule has 0 radical (unpaired) electrons. The van der Waals surface area contributed by atoms with Gasteiger partial charge in [-0.15, -0.1) is 0 Å². The highest BCUT2D eigenvalue weighted by Crippen LogP contribution is 2.13. The van der Waals surface area contributed by atoms with Crippen molar-refractivity contribution >= 4 is 0 Å². The lowest BCUT2D eigenvalue weighted by atomic mass is 10.1. The van der Waals surface area contributed by atoms with Gasteiger partial charge < -0.3 is 0 Å². The topological polar surface area (TPSA) is 0 Å². The van der Waals surface area contributed by atoms with E-state index in [2.05, 4.69) is 6.92 Å². The minimum atomic E-state index is -0.498. The number of unbranched alkanes of at least 4 members (excludes halogenated alkanes) is 4. The summed E-state index contributed by atoms with van der Waals surface area (Å²) in [4.78, 5) is 0. The Hall–Kier alpha value is -0.920. The van der Waals surface area contributed by atoms with Crippen LogP contribution in [0.2, 0.25) is 0 Å². The van der Waals surface area contributed by atoms with E-state index in [1.54, 1.807) is 6.07 Å². The molecule has 1 aromatic carbocycles. The average Bonchev–Trinajstić information content (AvgIpc) is 2.20. The first-order valence-corrected chi connectivity index (χ1v) is 5.68.